The van der Waals surface area contributed by atoms with Crippen molar-refractivity contribution in [1.29, 1.82) is 0 Å². The summed E-state index contributed by atoms with van der Waals surface area (Å²) in [5.74, 6) is 1.95. The van der Waals surface area contributed by atoms with Crippen molar-refractivity contribution < 1.29 is 14.9 Å². The molecule has 2 fully saturated rings. The number of nitrogens with two attached hydrogens (primary N) is 1. The number of imidazole rings is 2. The van der Waals surface area contributed by atoms with Crippen LogP contribution in [0.5, 0.6) is 0 Å². The molecule has 0 amide bonds. The van der Waals surface area contributed by atoms with Crippen LogP contribution in [0, 0.1) is 5.92 Å². The summed E-state index contributed by atoms with van der Waals surface area (Å²) in [7, 11) is 0. The molecule has 1 saturated carbocycles. The van der Waals surface area contributed by atoms with Gasteiger partial charge in [-0.3, -0.25) is 9.47 Å². The van der Waals surface area contributed by atoms with E-state index in [9.17, 15) is 10.2 Å². The number of anilines is 1. The first-order valence-corrected chi connectivity index (χ1v) is 14.7. The Kier molecular flexibility index (Phi) is 7.25. The van der Waals surface area contributed by atoms with Crippen LogP contribution in [-0.2, 0) is 16.6 Å². The lowest BCUT2D eigenvalue weighted by atomic mass is 9.76. The van der Waals surface area contributed by atoms with Crippen LogP contribution < -0.4 is 5.73 Å². The van der Waals surface area contributed by atoms with Crippen molar-refractivity contribution in [3.63, 3.8) is 0 Å². The zero-order valence-corrected chi connectivity index (χ0v) is 24.5. The number of nitrogens with zero attached hydrogens (tertiary/aromatic N) is 6. The van der Waals surface area contributed by atoms with Gasteiger partial charge in [-0.15, -0.1) is 0 Å². The summed E-state index contributed by atoms with van der Waals surface area (Å²) in [6.07, 6.45) is 3.63. The molecule has 3 aromatic heterocycles. The van der Waals surface area contributed by atoms with Gasteiger partial charge >= 0.3 is 0 Å². The Labute approximate surface area is 240 Å². The number of aromatic amines is 1. The largest absolute Gasteiger partial charge is 0.387 e. The van der Waals surface area contributed by atoms with Crippen molar-refractivity contribution in [1.82, 2.24) is 34.4 Å². The Morgan fingerprint density at radius 2 is 1.93 bits per heavy atom. The first-order chi connectivity index (χ1) is 19.5. The van der Waals surface area contributed by atoms with E-state index in [0.717, 1.165) is 42.5 Å². The Morgan fingerprint density at radius 3 is 2.66 bits per heavy atom. The van der Waals surface area contributed by atoms with Gasteiger partial charge in [-0.2, -0.15) is 0 Å². The number of aromatic nitrogens is 6. The summed E-state index contributed by atoms with van der Waals surface area (Å²) in [6, 6.07) is 7.23. The number of aliphatic hydroxyl groups is 2. The number of fused-ring (bicyclic) bond motifs is 2. The molecular weight excluding hydrogens is 520 g/mol. The summed E-state index contributed by atoms with van der Waals surface area (Å²) in [5, 5.41) is 21.8. The highest BCUT2D eigenvalue weighted by Crippen LogP contribution is 2.38. The van der Waals surface area contributed by atoms with Gasteiger partial charge in [0.2, 0.25) is 0 Å². The molecule has 1 saturated heterocycles. The highest BCUT2D eigenvalue weighted by atomic mass is 16.6. The lowest BCUT2D eigenvalue weighted by molar-refractivity contribution is -0.0620. The van der Waals surface area contributed by atoms with Crippen LogP contribution >= 0.6 is 0 Å². The number of aryl methyl sites for hydroxylation is 1. The standard InChI is InChI=1S/C30H42N8O3/c1-16(2)37(13-22-25(39)26(40)29(41-22)38-15-34-24-27(31)32-14-33-28(24)38)19-10-17(11-19)6-9-23-35-20-8-7-18(30(3,4)5)12-21(20)36-23/h7-8,12,14-17,19,22,25-26,29,39-40H,6,9-11,13H2,1-5H3,(H,35,36)(H2,31,32,33)/t17?,19?,22-,25-,26?,29-/m1/s1. The second kappa shape index (κ2) is 10.6. The van der Waals surface area contributed by atoms with Crippen LogP contribution in [-0.4, -0.2) is 81.5 Å². The van der Waals surface area contributed by atoms with Gasteiger partial charge < -0.3 is 25.7 Å². The highest BCUT2D eigenvalue weighted by Gasteiger charge is 2.46. The molecule has 0 bridgehead atoms. The van der Waals surface area contributed by atoms with Crippen LogP contribution in [0.15, 0.2) is 30.9 Å². The summed E-state index contributed by atoms with van der Waals surface area (Å²) in [5.41, 5.74) is 10.4. The number of hydrogen-bond acceptors (Lipinski definition) is 9. The van der Waals surface area contributed by atoms with Gasteiger partial charge in [-0.05, 0) is 62.1 Å². The predicted octanol–water partition coefficient (Wildman–Crippen LogP) is 3.32. The normalized spacial score (nSPS) is 27.0. The van der Waals surface area contributed by atoms with Crippen LogP contribution in [0.3, 0.4) is 0 Å². The topological polar surface area (TPSA) is 151 Å². The fourth-order valence-electron chi connectivity index (χ4n) is 6.35. The van der Waals surface area contributed by atoms with Crippen molar-refractivity contribution in [2.45, 2.75) is 102 Å². The maximum absolute atomic E-state index is 10.9. The van der Waals surface area contributed by atoms with Crippen molar-refractivity contribution >= 4 is 28.0 Å². The molecule has 11 heteroatoms. The minimum absolute atomic E-state index is 0.104. The molecule has 220 valence electrons. The van der Waals surface area contributed by atoms with E-state index in [4.69, 9.17) is 15.5 Å². The Bertz CT molecular complexity index is 1520. The zero-order valence-electron chi connectivity index (χ0n) is 24.5. The third-order valence-corrected chi connectivity index (χ3v) is 8.92. The van der Waals surface area contributed by atoms with Gasteiger partial charge in [0.25, 0.3) is 0 Å². The summed E-state index contributed by atoms with van der Waals surface area (Å²) >= 11 is 0. The molecule has 1 unspecified atom stereocenters. The van der Waals surface area contributed by atoms with E-state index in [2.05, 4.69) is 77.7 Å². The second-order valence-corrected chi connectivity index (χ2v) is 13.1. The van der Waals surface area contributed by atoms with Gasteiger partial charge in [0.05, 0.1) is 17.4 Å². The predicted molar refractivity (Wildman–Crippen MR) is 157 cm³/mol. The first kappa shape index (κ1) is 28.0. The van der Waals surface area contributed by atoms with Gasteiger partial charge in [-0.25, -0.2) is 19.9 Å². The molecule has 1 aliphatic carbocycles. The van der Waals surface area contributed by atoms with E-state index < -0.39 is 24.5 Å². The monoisotopic (exact) mass is 562 g/mol. The fourth-order valence-corrected chi connectivity index (χ4v) is 6.35. The Morgan fingerprint density at radius 1 is 1.15 bits per heavy atom. The van der Waals surface area contributed by atoms with Gasteiger partial charge in [0.1, 0.15) is 36.0 Å². The molecule has 41 heavy (non-hydrogen) atoms. The summed E-state index contributed by atoms with van der Waals surface area (Å²) in [6.45, 7) is 11.6. The Balaban J connectivity index is 1.06. The number of aliphatic hydroxyl groups excluding tert-OH is 2. The van der Waals surface area contributed by atoms with Crippen LogP contribution in [0.1, 0.15) is 71.5 Å². The maximum atomic E-state index is 10.9. The van der Waals surface area contributed by atoms with Crippen molar-refractivity contribution in [2.75, 3.05) is 12.3 Å². The van der Waals surface area contributed by atoms with E-state index in [-0.39, 0.29) is 17.3 Å². The molecule has 4 atom stereocenters. The second-order valence-electron chi connectivity index (χ2n) is 13.1. The number of rotatable bonds is 8. The van der Waals surface area contributed by atoms with Gasteiger partial charge in [0, 0.05) is 25.0 Å². The minimum atomic E-state index is -1.11. The van der Waals surface area contributed by atoms with E-state index in [0.29, 0.717) is 29.7 Å². The number of benzene rings is 1. The van der Waals surface area contributed by atoms with Crippen molar-refractivity contribution in [3.8, 4) is 0 Å². The molecule has 4 aromatic rings. The third kappa shape index (κ3) is 5.31. The average molecular weight is 563 g/mol. The molecule has 0 spiro atoms. The number of H-pyrrole nitrogens is 1. The molecule has 2 aliphatic rings. The number of nitrogens with one attached hydrogen (secondary N) is 1. The zero-order chi connectivity index (χ0) is 29.1. The van der Waals surface area contributed by atoms with E-state index in [1.165, 1.54) is 18.2 Å². The van der Waals surface area contributed by atoms with Crippen molar-refractivity contribution in [2.24, 2.45) is 5.92 Å². The molecule has 5 N–H and O–H groups in total. The third-order valence-electron chi connectivity index (χ3n) is 8.92. The highest BCUT2D eigenvalue weighted by molar-refractivity contribution is 5.81. The summed E-state index contributed by atoms with van der Waals surface area (Å²) in [4.78, 5) is 23.3. The molecule has 1 aromatic carbocycles. The number of hydrogen-bond donors (Lipinski definition) is 4. The molecular formula is C30H42N8O3. The lowest BCUT2D eigenvalue weighted by Gasteiger charge is -2.46. The average Bonchev–Trinajstić information content (AvgIpc) is 3.58. The fraction of sp³-hybridized carbons (Fsp3) is 0.600. The van der Waals surface area contributed by atoms with E-state index in [1.807, 2.05) is 0 Å². The van der Waals surface area contributed by atoms with Crippen LogP contribution in [0.25, 0.3) is 22.2 Å². The molecule has 6 rings (SSSR count). The lowest BCUT2D eigenvalue weighted by Crippen LogP contribution is -2.52. The van der Waals surface area contributed by atoms with Gasteiger partial charge in [-0.1, -0.05) is 26.8 Å². The van der Waals surface area contributed by atoms with E-state index in [1.54, 1.807) is 4.57 Å². The van der Waals surface area contributed by atoms with Crippen LogP contribution in [0.4, 0.5) is 5.82 Å². The van der Waals surface area contributed by atoms with E-state index >= 15 is 0 Å². The SMILES string of the molecule is CC(C)N(C[C@H]1O[C@@H](n2cnc3c(N)ncnc32)C(O)[C@@H]1O)C1CC(CCc2nc3cc(C(C)(C)C)ccc3[nH]2)C1. The van der Waals surface area contributed by atoms with Crippen LogP contribution in [0.2, 0.25) is 0 Å². The smallest absolute Gasteiger partial charge is 0.167 e. The molecule has 11 nitrogen and oxygen atoms in total. The van der Waals surface area contributed by atoms with Crippen molar-refractivity contribution in [3.05, 3.63) is 42.2 Å². The Hall–Kier alpha value is -3.12. The number of ether oxygens (including phenoxy) is 1. The van der Waals surface area contributed by atoms with Gasteiger partial charge in [0.15, 0.2) is 17.7 Å². The number of nitrogen functional groups attached to an aromatic ring is 1. The quantitative estimate of drug-likeness (QED) is 0.253. The molecule has 4 heterocycles. The summed E-state index contributed by atoms with van der Waals surface area (Å²) < 4.78 is 7.86. The maximum Gasteiger partial charge on any atom is 0.167 e. The first-order valence-electron chi connectivity index (χ1n) is 14.7. The molecule has 0 radical (unpaired) electrons. The molecule has 1 aliphatic heterocycles. The minimum Gasteiger partial charge on any atom is -0.387 e.